The summed E-state index contributed by atoms with van der Waals surface area (Å²) in [5.74, 6) is -14.7. The summed E-state index contributed by atoms with van der Waals surface area (Å²) in [6.45, 7) is 8.63. The van der Waals surface area contributed by atoms with Crippen LogP contribution in [0, 0.1) is 75.9 Å². The van der Waals surface area contributed by atoms with E-state index in [1.165, 1.54) is 62.1 Å². The summed E-state index contributed by atoms with van der Waals surface area (Å²) in [5, 5.41) is 10.8. The van der Waals surface area contributed by atoms with E-state index >= 15 is 0 Å². The normalized spacial score (nSPS) is 15.8. The van der Waals surface area contributed by atoms with Crippen molar-refractivity contribution in [1.29, 1.82) is 0 Å². The molecule has 0 saturated carbocycles. The number of fused-ring (bicyclic) bond motifs is 4. The molecule has 4 aliphatic rings. The van der Waals surface area contributed by atoms with Crippen LogP contribution in [0.3, 0.4) is 0 Å². The number of Topliss-reactive ketones (excluding diaryl/α,β-unsaturated/α-hetero) is 1. The fraction of sp³-hybridized carbons (Fsp3) is 0.329. The van der Waals surface area contributed by atoms with Crippen LogP contribution in [0.1, 0.15) is 168 Å². The maximum atomic E-state index is 13.5. The van der Waals surface area contributed by atoms with Crippen LogP contribution in [0.2, 0.25) is 0 Å². The van der Waals surface area contributed by atoms with Crippen LogP contribution in [0.25, 0.3) is 11.6 Å². The number of ketones is 1. The van der Waals surface area contributed by atoms with E-state index in [1.54, 1.807) is 0 Å². The number of hydrogen-bond donors (Lipinski definition) is 1. The number of halogens is 13. The number of rotatable bonds is 11. The molecule has 0 saturated heterocycles. The van der Waals surface area contributed by atoms with E-state index in [-0.39, 0.29) is 57.9 Å². The molecule has 0 spiro atoms. The fourth-order valence-corrected chi connectivity index (χ4v) is 12.2. The monoisotopic (exact) mass is 1350 g/mol. The maximum absolute atomic E-state index is 13.5. The van der Waals surface area contributed by atoms with Crippen molar-refractivity contribution in [2.24, 2.45) is 0 Å². The molecule has 2 unspecified atom stereocenters. The second-order valence-corrected chi connectivity index (χ2v) is 23.6. The third kappa shape index (κ3) is 19.3. The molecule has 12 rings (SSSR count). The van der Waals surface area contributed by atoms with E-state index in [1.807, 2.05) is 18.2 Å². The number of benzene rings is 8. The zero-order valence-electron chi connectivity index (χ0n) is 52.1. The molecule has 4 aliphatic carbocycles. The first-order valence-corrected chi connectivity index (χ1v) is 30.9. The van der Waals surface area contributed by atoms with Crippen LogP contribution in [-0.4, -0.2) is 33.9 Å². The average Bonchev–Trinajstić information content (AvgIpc) is 0.791. The van der Waals surface area contributed by atoms with E-state index in [0.29, 0.717) is 42.6 Å². The van der Waals surface area contributed by atoms with Gasteiger partial charge in [-0.1, -0.05) is 132 Å². The second kappa shape index (κ2) is 34.6. The zero-order chi connectivity index (χ0) is 64.8. The third-order valence-electron chi connectivity index (χ3n) is 16.9. The first-order chi connectivity index (χ1) is 43.1. The van der Waals surface area contributed by atoms with Gasteiger partial charge in [0.05, 0.1) is 11.4 Å². The molecular weight excluding hydrogens is 1280 g/mol. The van der Waals surface area contributed by atoms with E-state index in [4.69, 9.17) is 0 Å². The SMILES string of the molecule is CCCc1ccc2c(c1)CCC(=O)C2.CCCc1ccc2c(c1)CCC(O)(c1cc(F)c(F)c(F)c1)C2.CCCc1ccc2c(c1)CCC(c1cc(F)c(F)c(F)c1)=C2.CCCc1ccc2c(c1)CCC(c1cc(F)c(F)c(F)c1)C2.Fc1c[c-]cc(F)c1F.[Br-].[Mg+2]. The van der Waals surface area contributed by atoms with Gasteiger partial charge in [-0.2, -0.15) is 6.07 Å². The minimum atomic E-state index is -1.50. The van der Waals surface area contributed by atoms with Crippen LogP contribution in [0.15, 0.2) is 121 Å². The van der Waals surface area contributed by atoms with Crippen molar-refractivity contribution in [3.05, 3.63) is 281 Å². The van der Waals surface area contributed by atoms with Crippen LogP contribution in [-0.2, 0) is 81.0 Å². The number of hydrogen-bond acceptors (Lipinski definition) is 2. The Morgan fingerprint density at radius 3 is 1.39 bits per heavy atom. The molecule has 0 radical (unpaired) electrons. The summed E-state index contributed by atoms with van der Waals surface area (Å²) in [6.07, 6.45) is 18.4. The average molecular weight is 1350 g/mol. The first-order valence-electron chi connectivity index (χ1n) is 30.9. The molecule has 92 heavy (non-hydrogen) atoms. The Kier molecular flexibility index (Phi) is 28.1. The maximum Gasteiger partial charge on any atom is 2.00 e. The predicted octanol–water partition coefficient (Wildman–Crippen LogP) is 16.5. The number of carbonyl (C=O) groups is 1. The molecule has 8 aromatic rings. The molecule has 0 bridgehead atoms. The van der Waals surface area contributed by atoms with Gasteiger partial charge in [0, 0.05) is 30.9 Å². The van der Waals surface area contributed by atoms with Gasteiger partial charge in [-0.25, -0.2) is 43.9 Å². The molecule has 482 valence electrons. The minimum absolute atomic E-state index is 0. The Balaban J connectivity index is 0.000000187. The minimum Gasteiger partial charge on any atom is -1.00 e. The topological polar surface area (TPSA) is 37.3 Å². The van der Waals surface area contributed by atoms with E-state index in [9.17, 15) is 62.6 Å². The third-order valence-corrected chi connectivity index (χ3v) is 16.9. The van der Waals surface area contributed by atoms with Gasteiger partial charge >= 0.3 is 23.1 Å². The predicted molar refractivity (Wildman–Crippen MR) is 336 cm³/mol. The van der Waals surface area contributed by atoms with Crippen molar-refractivity contribution in [3.63, 3.8) is 0 Å². The van der Waals surface area contributed by atoms with Crippen molar-refractivity contribution >= 4 is 40.5 Å². The van der Waals surface area contributed by atoms with Crippen LogP contribution < -0.4 is 17.0 Å². The molecule has 0 aliphatic heterocycles. The molecule has 0 heterocycles. The van der Waals surface area contributed by atoms with Crippen molar-refractivity contribution in [1.82, 2.24) is 0 Å². The van der Waals surface area contributed by atoms with Gasteiger partial charge in [-0.15, -0.1) is 12.1 Å². The van der Waals surface area contributed by atoms with E-state index in [2.05, 4.69) is 94.4 Å². The van der Waals surface area contributed by atoms with Crippen molar-refractivity contribution in [2.75, 3.05) is 0 Å². The first kappa shape index (κ1) is 74.6. The van der Waals surface area contributed by atoms with E-state index < -0.39 is 75.4 Å². The number of aryl methyl sites for hydroxylation is 8. The summed E-state index contributed by atoms with van der Waals surface area (Å²) >= 11 is 0. The van der Waals surface area contributed by atoms with Gasteiger partial charge in [0.25, 0.3) is 0 Å². The summed E-state index contributed by atoms with van der Waals surface area (Å²) in [6, 6.07) is 35.4. The summed E-state index contributed by atoms with van der Waals surface area (Å²) in [5.41, 5.74) is 15.6. The Morgan fingerprint density at radius 2 is 0.880 bits per heavy atom. The Morgan fingerprint density at radius 1 is 0.457 bits per heavy atom. The molecular formula is C76H73BrF12MgO2. The van der Waals surface area contributed by atoms with Crippen LogP contribution >= 0.6 is 0 Å². The largest absolute Gasteiger partial charge is 2.00 e. The van der Waals surface area contributed by atoms with Gasteiger partial charge < -0.3 is 22.1 Å². The summed E-state index contributed by atoms with van der Waals surface area (Å²) in [4.78, 5) is 11.2. The Bertz CT molecular complexity index is 3800. The van der Waals surface area contributed by atoms with Gasteiger partial charge in [0.2, 0.25) is 0 Å². The standard InChI is InChI=1S/C19H19F3O.C19H19F3.C19H17F3.C13H16O.C6H2F3.BrH.Mg/c1-2-3-12-4-5-14-11-19(23,7-6-13(14)8-12)15-9-16(20)18(22)17(21)10-15;2*1-2-3-12-4-5-14-9-15(7-6-13(14)8-12)16-10-17(20)19(22)18(21)11-16;1-2-3-10-4-5-12-9-13(14)7-6-11(12)8-10;7-4-2-1-3-5(8)6(4)9;;/h4-5,8-10,23H,2-3,6-7,11H2,1H3;4-5,8,10-11,15H,2-3,6-7,9H2,1H3;4-5,8-11H,2-3,6-7H2,1H3;4-5,8H,2-3,6-7,9H2,1H3;2-3H;1H;/q;;;;-1;;+2/p-1. The number of allylic oxidation sites excluding steroid dienone is 1. The number of carbonyl (C=O) groups excluding carboxylic acids is 1. The van der Waals surface area contributed by atoms with Crippen molar-refractivity contribution in [2.45, 2.75) is 161 Å². The molecule has 0 aromatic heterocycles. The quantitative estimate of drug-likeness (QED) is 0.0606. The molecule has 2 atom stereocenters. The van der Waals surface area contributed by atoms with Crippen molar-refractivity contribution < 1.29 is 79.6 Å². The summed E-state index contributed by atoms with van der Waals surface area (Å²) < 4.78 is 156. The van der Waals surface area contributed by atoms with Crippen LogP contribution in [0.4, 0.5) is 52.7 Å². The van der Waals surface area contributed by atoms with Gasteiger partial charge in [0.1, 0.15) is 5.78 Å². The Labute approximate surface area is 558 Å². The van der Waals surface area contributed by atoms with Gasteiger partial charge in [-0.05, 0) is 208 Å². The molecule has 0 amide bonds. The van der Waals surface area contributed by atoms with Gasteiger partial charge in [-0.3, -0.25) is 13.6 Å². The second-order valence-electron chi connectivity index (χ2n) is 23.6. The van der Waals surface area contributed by atoms with Gasteiger partial charge in [0.15, 0.2) is 52.4 Å². The smallest absolute Gasteiger partial charge is 1.00 e. The van der Waals surface area contributed by atoms with Crippen molar-refractivity contribution in [3.8, 4) is 0 Å². The molecule has 2 nitrogen and oxygen atoms in total. The molecule has 0 fully saturated rings. The Hall–Kier alpha value is -6.46. The van der Waals surface area contributed by atoms with Crippen LogP contribution in [0.5, 0.6) is 0 Å². The molecule has 8 aromatic carbocycles. The van der Waals surface area contributed by atoms with E-state index in [0.717, 1.165) is 149 Å². The number of aliphatic hydroxyl groups is 1. The zero-order valence-corrected chi connectivity index (χ0v) is 55.1. The molecule has 1 N–H and O–H groups in total. The summed E-state index contributed by atoms with van der Waals surface area (Å²) in [7, 11) is 0. The molecule has 16 heteroatoms. The fourth-order valence-electron chi connectivity index (χ4n) is 12.2.